The van der Waals surface area contributed by atoms with Gasteiger partial charge in [-0.05, 0) is 59.3 Å². The van der Waals surface area contributed by atoms with E-state index in [4.69, 9.17) is 0 Å². The molecule has 4 rings (SSSR count). The van der Waals surface area contributed by atoms with Crippen LogP contribution in [-0.4, -0.2) is 0 Å². The van der Waals surface area contributed by atoms with E-state index >= 15 is 26.3 Å². The zero-order valence-corrected chi connectivity index (χ0v) is 33.6. The normalized spacial score (nSPS) is 14.0. The summed E-state index contributed by atoms with van der Waals surface area (Å²) in [5, 5.41) is 40.5. The van der Waals surface area contributed by atoms with Crippen LogP contribution in [0.3, 0.4) is 0 Å². The van der Waals surface area contributed by atoms with Crippen LogP contribution in [0.15, 0.2) is 56.2 Å². The number of allylic oxidation sites excluding steroid dienone is 8. The minimum atomic E-state index is -1.63. The van der Waals surface area contributed by atoms with Gasteiger partial charge >= 0.3 is 0 Å². The predicted octanol–water partition coefficient (Wildman–Crippen LogP) is 13.4. The summed E-state index contributed by atoms with van der Waals surface area (Å²) in [5.74, 6) is -3.51. The number of hydrogen-bond donors (Lipinski definition) is 0. The highest BCUT2D eigenvalue weighted by molar-refractivity contribution is 6.13. The molecule has 10 heteroatoms. The molecule has 4 nitrogen and oxygen atoms in total. The molecule has 0 aromatic heterocycles. The van der Waals surface area contributed by atoms with Crippen LogP contribution in [0.2, 0.25) is 0 Å². The highest BCUT2D eigenvalue weighted by atomic mass is 19.2. The third-order valence-electron chi connectivity index (χ3n) is 9.69. The summed E-state index contributed by atoms with van der Waals surface area (Å²) in [6.07, 6.45) is 4.55. The van der Waals surface area contributed by atoms with Crippen LogP contribution in [0.4, 0.5) is 26.3 Å². The van der Waals surface area contributed by atoms with Gasteiger partial charge in [0.1, 0.15) is 29.8 Å². The second-order valence-electron chi connectivity index (χ2n) is 13.9. The maximum Gasteiger partial charge on any atom is 0.177 e. The average Bonchev–Trinajstić information content (AvgIpc) is 3.93. The van der Waals surface area contributed by atoms with Gasteiger partial charge in [-0.25, -0.2) is 26.3 Å². The first-order valence-corrected chi connectivity index (χ1v) is 18.3. The number of rotatable bonds is 11. The minimum absolute atomic E-state index is 0.0353. The number of nitrogens with zero attached hydrogens (tertiary/aromatic N) is 4. The molecule has 298 valence electrons. The van der Waals surface area contributed by atoms with Crippen molar-refractivity contribution in [2.24, 2.45) is 5.92 Å². The molecule has 0 saturated heterocycles. The van der Waals surface area contributed by atoms with Gasteiger partial charge in [-0.2, -0.15) is 21.0 Å². The Morgan fingerprint density at radius 1 is 0.550 bits per heavy atom. The lowest BCUT2D eigenvalue weighted by Gasteiger charge is -2.19. The SMILES string of the molecule is C=Cc1c(C#N)c(F)c(F)c(C(C#N)=C2C(=C(C#CC(C)C)c3c(F)c(F)c(C#N)c(C=C)c3C(=C)C)C2=C(CCC)c2c(C=C)c(F)c(C#N)c(F)c2C(=C)C)c1C=C. The van der Waals surface area contributed by atoms with Crippen LogP contribution < -0.4 is 0 Å². The molecule has 0 spiro atoms. The fourth-order valence-corrected chi connectivity index (χ4v) is 7.23. The molecular formula is C50H36F6N4. The molecular weight excluding hydrogens is 771 g/mol. The van der Waals surface area contributed by atoms with Gasteiger partial charge in [-0.1, -0.05) is 103 Å². The molecule has 0 amide bonds. The average molecular weight is 807 g/mol. The number of nitriles is 4. The number of halogens is 6. The van der Waals surface area contributed by atoms with Crippen molar-refractivity contribution in [3.8, 4) is 36.1 Å². The van der Waals surface area contributed by atoms with Crippen LogP contribution in [0.25, 0.3) is 52.2 Å². The van der Waals surface area contributed by atoms with Crippen molar-refractivity contribution < 1.29 is 26.3 Å². The zero-order chi connectivity index (χ0) is 45.1. The van der Waals surface area contributed by atoms with Crippen molar-refractivity contribution in [1.29, 1.82) is 21.0 Å². The van der Waals surface area contributed by atoms with Gasteiger partial charge < -0.3 is 0 Å². The van der Waals surface area contributed by atoms with Crippen LogP contribution in [0.1, 0.15) is 114 Å². The van der Waals surface area contributed by atoms with Gasteiger partial charge in [-0.3, -0.25) is 0 Å². The summed E-state index contributed by atoms with van der Waals surface area (Å²) in [6, 6.07) is 6.71. The lowest BCUT2D eigenvalue weighted by Crippen LogP contribution is -2.07. The molecule has 3 aromatic carbocycles. The van der Waals surface area contributed by atoms with Crippen LogP contribution in [0, 0.1) is 98.0 Å². The summed E-state index contributed by atoms with van der Waals surface area (Å²) in [4.78, 5) is 0. The van der Waals surface area contributed by atoms with Gasteiger partial charge in [0.15, 0.2) is 34.9 Å². The number of hydrogen-bond acceptors (Lipinski definition) is 4. The third kappa shape index (κ3) is 7.24. The van der Waals surface area contributed by atoms with Crippen molar-refractivity contribution in [3.05, 3.63) is 158 Å². The highest BCUT2D eigenvalue weighted by Gasteiger charge is 2.44. The summed E-state index contributed by atoms with van der Waals surface area (Å²) >= 11 is 0. The molecule has 0 aliphatic heterocycles. The quantitative estimate of drug-likeness (QED) is 0.109. The Balaban J connectivity index is 2.64. The Bertz CT molecular complexity index is 2870. The first-order chi connectivity index (χ1) is 28.4. The Kier molecular flexibility index (Phi) is 13.5. The molecule has 3 aromatic rings. The molecule has 0 heterocycles. The Hall–Kier alpha value is -7.58. The summed E-state index contributed by atoms with van der Waals surface area (Å²) < 4.78 is 97.9. The number of benzene rings is 3. The summed E-state index contributed by atoms with van der Waals surface area (Å²) in [7, 11) is 0. The Morgan fingerprint density at radius 3 is 1.47 bits per heavy atom. The molecule has 0 atom stereocenters. The lowest BCUT2D eigenvalue weighted by molar-refractivity contribution is 0.503. The van der Waals surface area contributed by atoms with Crippen LogP contribution in [0.5, 0.6) is 0 Å². The van der Waals surface area contributed by atoms with Crippen molar-refractivity contribution in [2.45, 2.75) is 47.5 Å². The fourth-order valence-electron chi connectivity index (χ4n) is 7.23. The highest BCUT2D eigenvalue weighted by Crippen LogP contribution is 2.59. The van der Waals surface area contributed by atoms with E-state index in [2.05, 4.69) is 51.3 Å². The van der Waals surface area contributed by atoms with E-state index in [1.54, 1.807) is 32.9 Å². The molecule has 0 radical (unpaired) electrons. The van der Waals surface area contributed by atoms with Crippen molar-refractivity contribution >= 4 is 52.2 Å². The third-order valence-corrected chi connectivity index (χ3v) is 9.69. The Morgan fingerprint density at radius 2 is 1.03 bits per heavy atom. The molecule has 60 heavy (non-hydrogen) atoms. The molecule has 1 saturated carbocycles. The topological polar surface area (TPSA) is 95.2 Å². The molecule has 0 unspecified atom stereocenters. The predicted molar refractivity (Wildman–Crippen MR) is 227 cm³/mol. The van der Waals surface area contributed by atoms with Crippen molar-refractivity contribution in [3.63, 3.8) is 0 Å². The van der Waals surface area contributed by atoms with E-state index in [1.807, 2.05) is 6.07 Å². The first-order valence-electron chi connectivity index (χ1n) is 18.3. The summed E-state index contributed by atoms with van der Waals surface area (Å²) in [5.41, 5.74) is -6.09. The Labute approximate surface area is 346 Å². The molecule has 0 bridgehead atoms. The zero-order valence-electron chi connectivity index (χ0n) is 33.6. The van der Waals surface area contributed by atoms with Gasteiger partial charge in [0, 0.05) is 56.0 Å². The van der Waals surface area contributed by atoms with E-state index in [0.717, 1.165) is 24.3 Å². The minimum Gasteiger partial charge on any atom is -0.205 e. The molecule has 1 aliphatic carbocycles. The first kappa shape index (κ1) is 45.1. The van der Waals surface area contributed by atoms with E-state index in [9.17, 15) is 21.0 Å². The van der Waals surface area contributed by atoms with Crippen molar-refractivity contribution in [2.75, 3.05) is 0 Å². The van der Waals surface area contributed by atoms with Crippen molar-refractivity contribution in [1.82, 2.24) is 0 Å². The second kappa shape index (κ2) is 17.9. The largest absolute Gasteiger partial charge is 0.205 e. The van der Waals surface area contributed by atoms with Gasteiger partial charge in [0.05, 0.1) is 16.7 Å². The lowest BCUT2D eigenvalue weighted by atomic mass is 9.85. The van der Waals surface area contributed by atoms with Gasteiger partial charge in [0.25, 0.3) is 0 Å². The molecule has 1 aliphatic rings. The molecule has 1 fully saturated rings. The van der Waals surface area contributed by atoms with E-state index in [-0.39, 0.29) is 90.8 Å². The van der Waals surface area contributed by atoms with Crippen LogP contribution >= 0.6 is 0 Å². The van der Waals surface area contributed by atoms with Gasteiger partial charge in [0.2, 0.25) is 0 Å². The molecule has 0 N–H and O–H groups in total. The van der Waals surface area contributed by atoms with Gasteiger partial charge in [-0.15, -0.1) is 0 Å². The van der Waals surface area contributed by atoms with E-state index in [0.29, 0.717) is 0 Å². The summed E-state index contributed by atoms with van der Waals surface area (Å²) in [6.45, 7) is 30.6. The monoisotopic (exact) mass is 806 g/mol. The fraction of sp³-hybridized carbons (Fsp3) is 0.160. The maximum atomic E-state index is 16.9. The van der Waals surface area contributed by atoms with E-state index in [1.165, 1.54) is 19.9 Å². The second-order valence-corrected chi connectivity index (χ2v) is 13.9. The van der Waals surface area contributed by atoms with E-state index < -0.39 is 74.2 Å². The smallest absolute Gasteiger partial charge is 0.177 e. The van der Waals surface area contributed by atoms with Crippen LogP contribution in [-0.2, 0) is 0 Å². The maximum absolute atomic E-state index is 16.9. The standard InChI is InChI=1S/C50H36F6N4/c1-12-17-31(39-30(16-5)45(51)36(23-60)46(52)38(39)26(10)11)41-42(43(41)35(22-59)40-28(14-3)27(13-2)33(20-57)47(53)49(40)55)32(19-18-24(6)7)44-37(25(8)9)29(15-4)34(21-58)48(54)50(44)56/h13-16,24H,2-5,8,10,12,17H2,1,6-7,9,11H3.